The number of hydrogen-bond donors (Lipinski definition) is 3. The van der Waals surface area contributed by atoms with Gasteiger partial charge in [-0.15, -0.1) is 0 Å². The fourth-order valence-electron chi connectivity index (χ4n) is 2.43. The molecule has 3 nitrogen and oxygen atoms in total. The molecule has 1 atom stereocenters. The number of aromatic amines is 1. The standard InChI is InChI=1S/C16H24N2O/c1-16(2,3)15(8-9-19)17-11-13-10-12-6-4-5-7-14(12)18-13/h4-7,10,15,17-19H,8-9,11H2,1-3H3. The van der Waals surface area contributed by atoms with Crippen molar-refractivity contribution in [1.82, 2.24) is 10.3 Å². The molecule has 1 aromatic carbocycles. The van der Waals surface area contributed by atoms with Gasteiger partial charge in [0.15, 0.2) is 0 Å². The topological polar surface area (TPSA) is 48.0 Å². The van der Waals surface area contributed by atoms with Crippen LogP contribution in [-0.2, 0) is 6.54 Å². The molecule has 0 amide bonds. The Kier molecular flexibility index (Phi) is 4.27. The molecule has 104 valence electrons. The molecule has 3 N–H and O–H groups in total. The largest absolute Gasteiger partial charge is 0.396 e. The minimum absolute atomic E-state index is 0.148. The van der Waals surface area contributed by atoms with Crippen molar-refractivity contribution in [2.45, 2.75) is 39.8 Å². The van der Waals surface area contributed by atoms with Crippen LogP contribution in [0.3, 0.4) is 0 Å². The highest BCUT2D eigenvalue weighted by Gasteiger charge is 2.23. The second kappa shape index (κ2) is 5.76. The maximum Gasteiger partial charge on any atom is 0.0456 e. The second-order valence-electron chi connectivity index (χ2n) is 6.19. The molecule has 0 bridgehead atoms. The molecule has 1 unspecified atom stereocenters. The highest BCUT2D eigenvalue weighted by molar-refractivity contribution is 5.80. The smallest absolute Gasteiger partial charge is 0.0456 e. The Hall–Kier alpha value is -1.32. The number of aliphatic hydroxyl groups excluding tert-OH is 1. The van der Waals surface area contributed by atoms with Gasteiger partial charge in [-0.2, -0.15) is 0 Å². The molecule has 0 aliphatic rings. The van der Waals surface area contributed by atoms with Crippen LogP contribution >= 0.6 is 0 Å². The van der Waals surface area contributed by atoms with E-state index in [1.807, 2.05) is 6.07 Å². The quantitative estimate of drug-likeness (QED) is 0.774. The molecule has 1 heterocycles. The first-order valence-electron chi connectivity index (χ1n) is 6.91. The Morgan fingerprint density at radius 2 is 2.00 bits per heavy atom. The summed E-state index contributed by atoms with van der Waals surface area (Å²) in [5.41, 5.74) is 2.51. The summed E-state index contributed by atoms with van der Waals surface area (Å²) in [5, 5.41) is 14.0. The van der Waals surface area contributed by atoms with Crippen molar-refractivity contribution in [3.05, 3.63) is 36.0 Å². The first-order valence-corrected chi connectivity index (χ1v) is 6.91. The van der Waals surface area contributed by atoms with E-state index in [1.165, 1.54) is 16.6 Å². The molecular formula is C16H24N2O. The lowest BCUT2D eigenvalue weighted by molar-refractivity contribution is 0.196. The highest BCUT2D eigenvalue weighted by atomic mass is 16.3. The van der Waals surface area contributed by atoms with Gasteiger partial charge in [0.2, 0.25) is 0 Å². The Bertz CT molecular complexity index is 492. The molecule has 0 radical (unpaired) electrons. The van der Waals surface area contributed by atoms with E-state index < -0.39 is 0 Å². The molecule has 0 saturated heterocycles. The molecule has 0 aliphatic carbocycles. The van der Waals surface area contributed by atoms with E-state index >= 15 is 0 Å². The normalized spacial score (nSPS) is 13.9. The van der Waals surface area contributed by atoms with Crippen molar-refractivity contribution >= 4 is 10.9 Å². The van der Waals surface area contributed by atoms with Crippen LogP contribution in [-0.4, -0.2) is 22.7 Å². The van der Waals surface area contributed by atoms with Gasteiger partial charge >= 0.3 is 0 Å². The summed E-state index contributed by atoms with van der Waals surface area (Å²) in [6.45, 7) is 7.63. The zero-order chi connectivity index (χ0) is 13.9. The summed E-state index contributed by atoms with van der Waals surface area (Å²) in [6, 6.07) is 10.8. The minimum Gasteiger partial charge on any atom is -0.396 e. The summed E-state index contributed by atoms with van der Waals surface area (Å²) in [6.07, 6.45) is 0.781. The van der Waals surface area contributed by atoms with Crippen molar-refractivity contribution in [2.75, 3.05) is 6.61 Å². The number of benzene rings is 1. The van der Waals surface area contributed by atoms with Gasteiger partial charge in [0.25, 0.3) is 0 Å². The van der Waals surface area contributed by atoms with Crippen molar-refractivity contribution in [3.63, 3.8) is 0 Å². The number of aliphatic hydroxyl groups is 1. The highest BCUT2D eigenvalue weighted by Crippen LogP contribution is 2.22. The van der Waals surface area contributed by atoms with E-state index in [0.717, 1.165) is 13.0 Å². The van der Waals surface area contributed by atoms with Crippen molar-refractivity contribution in [1.29, 1.82) is 0 Å². The van der Waals surface area contributed by atoms with E-state index in [9.17, 15) is 0 Å². The first-order chi connectivity index (χ1) is 9.00. The summed E-state index contributed by atoms with van der Waals surface area (Å²) in [7, 11) is 0. The van der Waals surface area contributed by atoms with Crippen LogP contribution in [0.1, 0.15) is 32.9 Å². The first kappa shape index (κ1) is 14.1. The van der Waals surface area contributed by atoms with Gasteiger partial charge in [-0.25, -0.2) is 0 Å². The molecule has 0 saturated carbocycles. The van der Waals surface area contributed by atoms with Gasteiger partial charge in [-0.1, -0.05) is 39.0 Å². The Balaban J connectivity index is 2.04. The van der Waals surface area contributed by atoms with E-state index in [1.54, 1.807) is 0 Å². The van der Waals surface area contributed by atoms with Crippen LogP contribution in [0.15, 0.2) is 30.3 Å². The molecule has 3 heteroatoms. The van der Waals surface area contributed by atoms with Crippen LogP contribution in [0.25, 0.3) is 10.9 Å². The molecule has 0 fully saturated rings. The van der Waals surface area contributed by atoms with Gasteiger partial charge in [-0.3, -0.25) is 0 Å². The number of nitrogens with one attached hydrogen (secondary N) is 2. The maximum absolute atomic E-state index is 9.16. The Morgan fingerprint density at radius 3 is 2.63 bits per heavy atom. The van der Waals surface area contributed by atoms with Gasteiger partial charge in [0.1, 0.15) is 0 Å². The monoisotopic (exact) mass is 260 g/mol. The number of para-hydroxylation sites is 1. The molecular weight excluding hydrogens is 236 g/mol. The minimum atomic E-state index is 0.148. The fourth-order valence-corrected chi connectivity index (χ4v) is 2.43. The summed E-state index contributed by atoms with van der Waals surface area (Å²) >= 11 is 0. The van der Waals surface area contributed by atoms with E-state index in [4.69, 9.17) is 5.11 Å². The number of rotatable bonds is 5. The molecule has 2 aromatic rings. The number of hydrogen-bond acceptors (Lipinski definition) is 2. The number of fused-ring (bicyclic) bond motifs is 1. The van der Waals surface area contributed by atoms with Crippen LogP contribution < -0.4 is 5.32 Å². The third-order valence-electron chi connectivity index (χ3n) is 3.59. The van der Waals surface area contributed by atoms with E-state index in [-0.39, 0.29) is 12.0 Å². The van der Waals surface area contributed by atoms with E-state index in [0.29, 0.717) is 6.04 Å². The average Bonchev–Trinajstić information content (AvgIpc) is 2.75. The predicted octanol–water partition coefficient (Wildman–Crippen LogP) is 3.05. The Morgan fingerprint density at radius 1 is 1.26 bits per heavy atom. The van der Waals surface area contributed by atoms with Crippen molar-refractivity contribution < 1.29 is 5.11 Å². The van der Waals surface area contributed by atoms with Gasteiger partial charge in [-0.05, 0) is 29.4 Å². The number of H-pyrrole nitrogens is 1. The lowest BCUT2D eigenvalue weighted by Gasteiger charge is -2.31. The molecule has 0 spiro atoms. The molecule has 0 aliphatic heterocycles. The third kappa shape index (κ3) is 3.58. The van der Waals surface area contributed by atoms with Crippen LogP contribution in [0.5, 0.6) is 0 Å². The van der Waals surface area contributed by atoms with Crippen molar-refractivity contribution in [3.8, 4) is 0 Å². The summed E-state index contributed by atoms with van der Waals surface area (Å²) in [4.78, 5) is 3.42. The van der Waals surface area contributed by atoms with Crippen molar-refractivity contribution in [2.24, 2.45) is 5.41 Å². The van der Waals surface area contributed by atoms with E-state index in [2.05, 4.69) is 55.3 Å². The summed E-state index contributed by atoms with van der Waals surface area (Å²) in [5.74, 6) is 0. The molecule has 2 rings (SSSR count). The maximum atomic E-state index is 9.16. The Labute approximate surface area is 115 Å². The predicted molar refractivity (Wildman–Crippen MR) is 80.1 cm³/mol. The second-order valence-corrected chi connectivity index (χ2v) is 6.19. The zero-order valence-electron chi connectivity index (χ0n) is 12.0. The molecule has 1 aromatic heterocycles. The van der Waals surface area contributed by atoms with Gasteiger partial charge in [0.05, 0.1) is 0 Å². The number of aromatic nitrogens is 1. The van der Waals surface area contributed by atoms with Gasteiger partial charge in [0, 0.05) is 30.4 Å². The fraction of sp³-hybridized carbons (Fsp3) is 0.500. The molecule has 19 heavy (non-hydrogen) atoms. The summed E-state index contributed by atoms with van der Waals surface area (Å²) < 4.78 is 0. The zero-order valence-corrected chi connectivity index (χ0v) is 12.0. The lowest BCUT2D eigenvalue weighted by Crippen LogP contribution is -2.40. The van der Waals surface area contributed by atoms with Crippen LogP contribution in [0.4, 0.5) is 0 Å². The van der Waals surface area contributed by atoms with Gasteiger partial charge < -0.3 is 15.4 Å². The SMILES string of the molecule is CC(C)(C)C(CCO)NCc1cc2ccccc2[nH]1. The third-order valence-corrected chi connectivity index (χ3v) is 3.59. The van der Waals surface area contributed by atoms with Crippen LogP contribution in [0, 0.1) is 5.41 Å². The average molecular weight is 260 g/mol. The lowest BCUT2D eigenvalue weighted by atomic mass is 9.85. The van der Waals surface area contributed by atoms with Crippen LogP contribution in [0.2, 0.25) is 0 Å².